The molecule has 0 atom stereocenters. The summed E-state index contributed by atoms with van der Waals surface area (Å²) >= 11 is 5.63. The minimum absolute atomic E-state index is 0.113. The minimum Gasteiger partial charge on any atom is -0.507 e. The largest absolute Gasteiger partial charge is 0.507 e. The lowest BCUT2D eigenvalue weighted by Crippen LogP contribution is -2.00. The van der Waals surface area contributed by atoms with Crippen LogP contribution in [0.4, 0.5) is 10.1 Å². The number of benzene rings is 2. The average Bonchev–Trinajstić information content (AvgIpc) is 2.37. The van der Waals surface area contributed by atoms with E-state index in [2.05, 4.69) is 5.32 Å². The smallest absolute Gasteiger partial charge is 0.143 e. The number of phenolic OH excluding ortho intramolecular Hbond substituents is 1. The predicted molar refractivity (Wildman–Crippen MR) is 76.3 cm³/mol. The summed E-state index contributed by atoms with van der Waals surface area (Å²) < 4.78 is 13.3. The van der Waals surface area contributed by atoms with Crippen LogP contribution in [0.5, 0.6) is 5.75 Å². The van der Waals surface area contributed by atoms with E-state index in [1.807, 2.05) is 26.0 Å². The fraction of sp³-hybridized carbons (Fsp3) is 0.200. The Balaban J connectivity index is 2.12. The van der Waals surface area contributed by atoms with Crippen LogP contribution < -0.4 is 5.32 Å². The summed E-state index contributed by atoms with van der Waals surface area (Å²) in [6.45, 7) is 4.27. The third kappa shape index (κ3) is 3.18. The van der Waals surface area contributed by atoms with Gasteiger partial charge in [-0.25, -0.2) is 4.39 Å². The standard InChI is InChI=1S/C15H15ClFNO/c1-9-5-11(6-10(2)15(9)19)8-18-12-3-4-13(16)14(17)7-12/h3-7,18-19H,8H2,1-2H3. The molecule has 2 aromatic carbocycles. The van der Waals surface area contributed by atoms with Crippen molar-refractivity contribution in [2.45, 2.75) is 20.4 Å². The molecule has 0 radical (unpaired) electrons. The van der Waals surface area contributed by atoms with Gasteiger partial charge in [0.15, 0.2) is 0 Å². The molecule has 0 bridgehead atoms. The molecule has 100 valence electrons. The number of anilines is 1. The quantitative estimate of drug-likeness (QED) is 0.872. The Morgan fingerprint density at radius 1 is 1.16 bits per heavy atom. The van der Waals surface area contributed by atoms with Gasteiger partial charge in [-0.2, -0.15) is 0 Å². The van der Waals surface area contributed by atoms with Crippen LogP contribution in [0.2, 0.25) is 5.02 Å². The first-order valence-electron chi connectivity index (χ1n) is 5.95. The topological polar surface area (TPSA) is 32.3 Å². The Morgan fingerprint density at radius 2 is 1.79 bits per heavy atom. The molecule has 2 N–H and O–H groups in total. The summed E-state index contributed by atoms with van der Waals surface area (Å²) in [5, 5.41) is 12.9. The molecular formula is C15H15ClFNO. The normalized spacial score (nSPS) is 10.5. The predicted octanol–water partition coefficient (Wildman–Crippen LogP) is 4.41. The fourth-order valence-electron chi connectivity index (χ4n) is 1.96. The van der Waals surface area contributed by atoms with Crippen molar-refractivity contribution in [3.8, 4) is 5.75 Å². The zero-order valence-corrected chi connectivity index (χ0v) is 11.6. The zero-order chi connectivity index (χ0) is 14.0. The van der Waals surface area contributed by atoms with Crippen LogP contribution in [0.25, 0.3) is 0 Å². The van der Waals surface area contributed by atoms with Crippen LogP contribution in [0.15, 0.2) is 30.3 Å². The summed E-state index contributed by atoms with van der Waals surface area (Å²) in [4.78, 5) is 0. The lowest BCUT2D eigenvalue weighted by atomic mass is 10.1. The van der Waals surface area contributed by atoms with Gasteiger partial charge in [0.05, 0.1) is 5.02 Å². The number of aromatic hydroxyl groups is 1. The fourth-order valence-corrected chi connectivity index (χ4v) is 2.08. The van der Waals surface area contributed by atoms with Gasteiger partial charge in [0, 0.05) is 12.2 Å². The molecule has 4 heteroatoms. The van der Waals surface area contributed by atoms with Gasteiger partial charge < -0.3 is 10.4 Å². The summed E-state index contributed by atoms with van der Waals surface area (Å²) in [6, 6.07) is 8.42. The van der Waals surface area contributed by atoms with Crippen LogP contribution in [-0.4, -0.2) is 5.11 Å². The summed E-state index contributed by atoms with van der Waals surface area (Å²) in [7, 11) is 0. The van der Waals surface area contributed by atoms with Crippen LogP contribution in [-0.2, 0) is 6.54 Å². The molecule has 0 saturated heterocycles. The molecule has 0 fully saturated rings. The van der Waals surface area contributed by atoms with Gasteiger partial charge in [-0.15, -0.1) is 0 Å². The number of hydrogen-bond acceptors (Lipinski definition) is 2. The van der Waals surface area contributed by atoms with Gasteiger partial charge >= 0.3 is 0 Å². The SMILES string of the molecule is Cc1cc(CNc2ccc(Cl)c(F)c2)cc(C)c1O. The monoisotopic (exact) mass is 279 g/mol. The van der Waals surface area contributed by atoms with E-state index in [1.54, 1.807) is 6.07 Å². The minimum atomic E-state index is -0.440. The van der Waals surface area contributed by atoms with Gasteiger partial charge in [0.25, 0.3) is 0 Å². The summed E-state index contributed by atoms with van der Waals surface area (Å²) in [5.41, 5.74) is 3.37. The Labute approximate surface area is 116 Å². The first-order valence-corrected chi connectivity index (χ1v) is 6.33. The molecule has 0 aliphatic rings. The molecule has 2 rings (SSSR count). The van der Waals surface area contributed by atoms with E-state index >= 15 is 0 Å². The van der Waals surface area contributed by atoms with Crippen LogP contribution in [0.1, 0.15) is 16.7 Å². The molecule has 0 aliphatic carbocycles. The molecule has 0 aliphatic heterocycles. The van der Waals surface area contributed by atoms with Gasteiger partial charge in [-0.1, -0.05) is 23.7 Å². The summed E-state index contributed by atoms with van der Waals surface area (Å²) in [6.07, 6.45) is 0. The van der Waals surface area contributed by atoms with E-state index in [0.717, 1.165) is 16.7 Å². The molecule has 0 saturated carbocycles. The maximum atomic E-state index is 13.3. The average molecular weight is 280 g/mol. The van der Waals surface area contributed by atoms with Crippen LogP contribution >= 0.6 is 11.6 Å². The Hall–Kier alpha value is -1.74. The Kier molecular flexibility index (Phi) is 3.96. The third-order valence-electron chi connectivity index (χ3n) is 2.97. The van der Waals surface area contributed by atoms with E-state index in [-0.39, 0.29) is 5.02 Å². The first kappa shape index (κ1) is 13.7. The molecular weight excluding hydrogens is 265 g/mol. The lowest BCUT2D eigenvalue weighted by Gasteiger charge is -2.10. The maximum Gasteiger partial charge on any atom is 0.143 e. The van der Waals surface area contributed by atoms with Gasteiger partial charge in [0.2, 0.25) is 0 Å². The molecule has 0 heterocycles. The van der Waals surface area contributed by atoms with E-state index < -0.39 is 5.82 Å². The van der Waals surface area contributed by atoms with Crippen molar-refractivity contribution in [1.29, 1.82) is 0 Å². The molecule has 2 nitrogen and oxygen atoms in total. The molecule has 0 amide bonds. The highest BCUT2D eigenvalue weighted by Crippen LogP contribution is 2.24. The number of aryl methyl sites for hydroxylation is 2. The van der Waals surface area contributed by atoms with Crippen molar-refractivity contribution < 1.29 is 9.50 Å². The zero-order valence-electron chi connectivity index (χ0n) is 10.8. The lowest BCUT2D eigenvalue weighted by molar-refractivity contribution is 0.466. The Bertz CT molecular complexity index is 590. The van der Waals surface area contributed by atoms with Crippen molar-refractivity contribution >= 4 is 17.3 Å². The molecule has 0 spiro atoms. The second-order valence-electron chi connectivity index (χ2n) is 4.56. The summed E-state index contributed by atoms with van der Waals surface area (Å²) in [5.74, 6) is -0.119. The maximum absolute atomic E-state index is 13.3. The second-order valence-corrected chi connectivity index (χ2v) is 4.97. The molecule has 19 heavy (non-hydrogen) atoms. The van der Waals surface area contributed by atoms with Crippen LogP contribution in [0.3, 0.4) is 0 Å². The van der Waals surface area contributed by atoms with Crippen molar-refractivity contribution in [2.75, 3.05) is 5.32 Å². The van der Waals surface area contributed by atoms with Gasteiger partial charge in [0.1, 0.15) is 11.6 Å². The van der Waals surface area contributed by atoms with Crippen molar-refractivity contribution in [2.24, 2.45) is 0 Å². The molecule has 0 unspecified atom stereocenters. The van der Waals surface area contributed by atoms with E-state index in [0.29, 0.717) is 18.0 Å². The van der Waals surface area contributed by atoms with E-state index in [4.69, 9.17) is 11.6 Å². The second kappa shape index (κ2) is 5.49. The van der Waals surface area contributed by atoms with Crippen molar-refractivity contribution in [3.63, 3.8) is 0 Å². The highest BCUT2D eigenvalue weighted by molar-refractivity contribution is 6.30. The van der Waals surface area contributed by atoms with Gasteiger partial charge in [-0.3, -0.25) is 0 Å². The highest BCUT2D eigenvalue weighted by Gasteiger charge is 2.04. The number of halogens is 2. The molecule has 2 aromatic rings. The molecule has 0 aromatic heterocycles. The number of hydrogen-bond donors (Lipinski definition) is 2. The highest BCUT2D eigenvalue weighted by atomic mass is 35.5. The van der Waals surface area contributed by atoms with E-state index in [1.165, 1.54) is 12.1 Å². The van der Waals surface area contributed by atoms with Crippen LogP contribution in [0, 0.1) is 19.7 Å². The third-order valence-corrected chi connectivity index (χ3v) is 3.27. The van der Waals surface area contributed by atoms with Gasteiger partial charge in [-0.05, 0) is 48.7 Å². The number of phenols is 1. The van der Waals surface area contributed by atoms with E-state index in [9.17, 15) is 9.50 Å². The number of rotatable bonds is 3. The van der Waals surface area contributed by atoms with Crippen molar-refractivity contribution in [1.82, 2.24) is 0 Å². The van der Waals surface area contributed by atoms with Crippen molar-refractivity contribution in [3.05, 3.63) is 57.9 Å². The Morgan fingerprint density at radius 3 is 2.37 bits per heavy atom. The first-order chi connectivity index (χ1) is 8.97. The number of nitrogens with one attached hydrogen (secondary N) is 1.